The Kier molecular flexibility index (Phi) is 3.58. The minimum absolute atomic E-state index is 0.420. The van der Waals surface area contributed by atoms with Gasteiger partial charge in [0, 0.05) is 13.1 Å². The smallest absolute Gasteiger partial charge is 0.147 e. The third kappa shape index (κ3) is 2.29. The second-order valence-electron chi connectivity index (χ2n) is 3.44. The molecule has 0 aliphatic rings. The van der Waals surface area contributed by atoms with Crippen molar-refractivity contribution in [2.24, 2.45) is 0 Å². The van der Waals surface area contributed by atoms with Gasteiger partial charge in [-0.3, -0.25) is 0 Å². The number of hydrogen-bond acceptors (Lipinski definition) is 3. The third-order valence-electron chi connectivity index (χ3n) is 2.43. The van der Waals surface area contributed by atoms with Crippen LogP contribution in [0, 0.1) is 0 Å². The number of hydrogen-bond donors (Lipinski definition) is 1. The summed E-state index contributed by atoms with van der Waals surface area (Å²) in [6.45, 7) is 4.26. The molecule has 0 radical (unpaired) electrons. The average Bonchev–Trinajstić information content (AvgIpc) is 2.15. The van der Waals surface area contributed by atoms with E-state index < -0.39 is 0 Å². The highest BCUT2D eigenvalue weighted by molar-refractivity contribution is 6.33. The molecule has 1 atom stereocenters. The van der Waals surface area contributed by atoms with E-state index in [1.54, 1.807) is 12.3 Å². The highest BCUT2D eigenvalue weighted by Gasteiger charge is 2.12. The van der Waals surface area contributed by atoms with Gasteiger partial charge in [-0.2, -0.15) is 0 Å². The molecule has 0 aliphatic carbocycles. The fourth-order valence-corrected chi connectivity index (χ4v) is 1.50. The van der Waals surface area contributed by atoms with Crippen molar-refractivity contribution in [2.75, 3.05) is 17.7 Å². The van der Waals surface area contributed by atoms with E-state index in [9.17, 15) is 0 Å². The number of halogens is 1. The van der Waals surface area contributed by atoms with Crippen LogP contribution in [-0.2, 0) is 0 Å². The summed E-state index contributed by atoms with van der Waals surface area (Å²) in [5.74, 6) is 0.787. The zero-order valence-electron chi connectivity index (χ0n) is 8.79. The number of nitrogens with zero attached hydrogens (tertiary/aromatic N) is 2. The van der Waals surface area contributed by atoms with Gasteiger partial charge in [0.1, 0.15) is 5.82 Å². The summed E-state index contributed by atoms with van der Waals surface area (Å²) in [4.78, 5) is 6.27. The van der Waals surface area contributed by atoms with Gasteiger partial charge in [-0.15, -0.1) is 0 Å². The fourth-order valence-electron chi connectivity index (χ4n) is 1.19. The maximum atomic E-state index is 6.04. The van der Waals surface area contributed by atoms with Gasteiger partial charge in [0.05, 0.1) is 16.9 Å². The van der Waals surface area contributed by atoms with Gasteiger partial charge in [-0.25, -0.2) is 4.98 Å². The van der Waals surface area contributed by atoms with Crippen molar-refractivity contribution in [2.45, 2.75) is 26.3 Å². The molecule has 0 saturated heterocycles. The van der Waals surface area contributed by atoms with Crippen molar-refractivity contribution in [3.05, 3.63) is 17.3 Å². The van der Waals surface area contributed by atoms with Crippen LogP contribution in [0.25, 0.3) is 0 Å². The molecule has 1 unspecified atom stereocenters. The van der Waals surface area contributed by atoms with Gasteiger partial charge >= 0.3 is 0 Å². The first-order chi connectivity index (χ1) is 6.56. The van der Waals surface area contributed by atoms with Crippen molar-refractivity contribution in [3.8, 4) is 0 Å². The van der Waals surface area contributed by atoms with Crippen molar-refractivity contribution < 1.29 is 0 Å². The number of pyridine rings is 1. The van der Waals surface area contributed by atoms with Crippen LogP contribution in [0.1, 0.15) is 20.3 Å². The lowest BCUT2D eigenvalue weighted by atomic mass is 10.2. The summed E-state index contributed by atoms with van der Waals surface area (Å²) in [5.41, 5.74) is 6.16. The molecule has 0 bridgehead atoms. The molecule has 4 heteroatoms. The molecule has 0 aliphatic heterocycles. The Balaban J connectivity index is 2.95. The van der Waals surface area contributed by atoms with Crippen molar-refractivity contribution in [1.29, 1.82) is 0 Å². The molecule has 1 aromatic heterocycles. The Hall–Kier alpha value is -0.960. The van der Waals surface area contributed by atoms with Crippen LogP contribution in [-0.4, -0.2) is 18.1 Å². The molecule has 3 nitrogen and oxygen atoms in total. The summed E-state index contributed by atoms with van der Waals surface area (Å²) in [6, 6.07) is 2.14. The second-order valence-corrected chi connectivity index (χ2v) is 3.85. The zero-order chi connectivity index (χ0) is 10.7. The zero-order valence-corrected chi connectivity index (χ0v) is 9.54. The number of nitrogens with two attached hydrogens (primary N) is 1. The quantitative estimate of drug-likeness (QED) is 0.839. The molecule has 0 saturated carbocycles. The lowest BCUT2D eigenvalue weighted by molar-refractivity contribution is 0.657. The Morgan fingerprint density at radius 2 is 2.29 bits per heavy atom. The lowest BCUT2D eigenvalue weighted by Gasteiger charge is -2.25. The molecule has 1 heterocycles. The van der Waals surface area contributed by atoms with Gasteiger partial charge in [0.25, 0.3) is 0 Å². The molecule has 1 aromatic rings. The summed E-state index contributed by atoms with van der Waals surface area (Å²) in [5, 5.41) is 0.604. The van der Waals surface area contributed by atoms with Crippen LogP contribution in [0.2, 0.25) is 5.02 Å². The third-order valence-corrected chi connectivity index (χ3v) is 2.71. The summed E-state index contributed by atoms with van der Waals surface area (Å²) in [6.07, 6.45) is 2.68. The fraction of sp³-hybridized carbons (Fsp3) is 0.500. The van der Waals surface area contributed by atoms with Gasteiger partial charge in [-0.1, -0.05) is 18.5 Å². The highest BCUT2D eigenvalue weighted by atomic mass is 35.5. The first kappa shape index (κ1) is 11.1. The molecular weight excluding hydrogens is 198 g/mol. The number of nitrogen functional groups attached to an aromatic ring is 1. The van der Waals surface area contributed by atoms with Crippen LogP contribution in [0.5, 0.6) is 0 Å². The Morgan fingerprint density at radius 1 is 1.64 bits per heavy atom. The Labute approximate surface area is 89.9 Å². The first-order valence-corrected chi connectivity index (χ1v) is 5.08. The molecule has 14 heavy (non-hydrogen) atoms. The lowest BCUT2D eigenvalue weighted by Crippen LogP contribution is -2.29. The van der Waals surface area contributed by atoms with Crippen LogP contribution >= 0.6 is 11.6 Å². The van der Waals surface area contributed by atoms with Gasteiger partial charge in [0.2, 0.25) is 0 Å². The van der Waals surface area contributed by atoms with Crippen molar-refractivity contribution in [1.82, 2.24) is 4.98 Å². The topological polar surface area (TPSA) is 42.2 Å². The molecule has 0 amide bonds. The molecule has 0 aromatic carbocycles. The van der Waals surface area contributed by atoms with E-state index in [1.165, 1.54) is 0 Å². The minimum atomic E-state index is 0.420. The van der Waals surface area contributed by atoms with E-state index in [-0.39, 0.29) is 0 Å². The SMILES string of the molecule is CCC(C)N(C)c1ncc(N)cc1Cl. The van der Waals surface area contributed by atoms with Crippen molar-refractivity contribution in [3.63, 3.8) is 0 Å². The first-order valence-electron chi connectivity index (χ1n) is 4.70. The van der Waals surface area contributed by atoms with E-state index >= 15 is 0 Å². The average molecular weight is 214 g/mol. The predicted octanol–water partition coefficient (Wildman–Crippen LogP) is 2.55. The van der Waals surface area contributed by atoms with E-state index in [0.29, 0.717) is 16.8 Å². The maximum absolute atomic E-state index is 6.04. The van der Waals surface area contributed by atoms with Gasteiger partial charge in [-0.05, 0) is 19.4 Å². The van der Waals surface area contributed by atoms with Crippen LogP contribution in [0.15, 0.2) is 12.3 Å². The second kappa shape index (κ2) is 4.51. The summed E-state index contributed by atoms with van der Waals surface area (Å²) >= 11 is 6.04. The summed E-state index contributed by atoms with van der Waals surface area (Å²) < 4.78 is 0. The predicted molar refractivity (Wildman–Crippen MR) is 61.8 cm³/mol. The molecular formula is C10H16ClN3. The minimum Gasteiger partial charge on any atom is -0.397 e. The Morgan fingerprint density at radius 3 is 2.79 bits per heavy atom. The summed E-state index contributed by atoms with van der Waals surface area (Å²) in [7, 11) is 1.98. The molecule has 2 N–H and O–H groups in total. The van der Waals surface area contributed by atoms with E-state index in [4.69, 9.17) is 17.3 Å². The number of anilines is 2. The highest BCUT2D eigenvalue weighted by Crippen LogP contribution is 2.25. The standard InChI is InChI=1S/C10H16ClN3/c1-4-7(2)14(3)10-9(11)5-8(12)6-13-10/h5-7H,4,12H2,1-3H3. The molecule has 78 valence electrons. The number of aromatic nitrogens is 1. The normalized spacial score (nSPS) is 12.6. The number of rotatable bonds is 3. The monoisotopic (exact) mass is 213 g/mol. The molecule has 1 rings (SSSR count). The van der Waals surface area contributed by atoms with E-state index in [0.717, 1.165) is 12.2 Å². The largest absolute Gasteiger partial charge is 0.397 e. The van der Waals surface area contributed by atoms with Gasteiger partial charge < -0.3 is 10.6 Å². The molecule has 0 spiro atoms. The van der Waals surface area contributed by atoms with E-state index in [1.807, 2.05) is 7.05 Å². The maximum Gasteiger partial charge on any atom is 0.147 e. The van der Waals surface area contributed by atoms with Crippen LogP contribution in [0.4, 0.5) is 11.5 Å². The van der Waals surface area contributed by atoms with Crippen molar-refractivity contribution >= 4 is 23.1 Å². The van der Waals surface area contributed by atoms with Crippen LogP contribution < -0.4 is 10.6 Å². The molecule has 0 fully saturated rings. The van der Waals surface area contributed by atoms with E-state index in [2.05, 4.69) is 23.7 Å². The van der Waals surface area contributed by atoms with Crippen LogP contribution in [0.3, 0.4) is 0 Å². The Bertz CT molecular complexity index is 314. The van der Waals surface area contributed by atoms with Gasteiger partial charge in [0.15, 0.2) is 0 Å².